The molecule has 17 heavy (non-hydrogen) atoms. The number of hydrogen-bond donors (Lipinski definition) is 2. The van der Waals surface area contributed by atoms with Gasteiger partial charge < -0.3 is 5.32 Å². The number of carbonyl (C=O) groups is 1. The number of nitrogens with zero attached hydrogens (tertiary/aromatic N) is 2. The molecular formula is C12H14N4O. The molecule has 0 aliphatic carbocycles. The van der Waals surface area contributed by atoms with Crippen LogP contribution < -0.4 is 5.32 Å². The number of nitrogens with one attached hydrogen (secondary N) is 2. The fourth-order valence-corrected chi connectivity index (χ4v) is 1.63. The summed E-state index contributed by atoms with van der Waals surface area (Å²) >= 11 is 0. The number of rotatable bonds is 4. The summed E-state index contributed by atoms with van der Waals surface area (Å²) in [5.41, 5.74) is 1.96. The third-order valence-corrected chi connectivity index (χ3v) is 2.41. The molecule has 0 unspecified atom stereocenters. The molecule has 1 heterocycles. The maximum atomic E-state index is 11.8. The molecule has 0 bridgehead atoms. The number of H-pyrrole nitrogens is 1. The first-order valence-electron chi connectivity index (χ1n) is 5.56. The SMILES string of the molecule is CCCc1ccccc1NC(=O)c1ncn[nH]1. The fraction of sp³-hybridized carbons (Fsp3) is 0.250. The minimum atomic E-state index is -0.272. The fourth-order valence-electron chi connectivity index (χ4n) is 1.63. The second-order valence-corrected chi connectivity index (χ2v) is 3.70. The third-order valence-electron chi connectivity index (χ3n) is 2.41. The highest BCUT2D eigenvalue weighted by atomic mass is 16.2. The maximum absolute atomic E-state index is 11.8. The van der Waals surface area contributed by atoms with Crippen LogP contribution in [0.5, 0.6) is 0 Å². The average Bonchev–Trinajstić information content (AvgIpc) is 2.85. The Kier molecular flexibility index (Phi) is 3.49. The lowest BCUT2D eigenvalue weighted by Gasteiger charge is -2.08. The Morgan fingerprint density at radius 1 is 1.41 bits per heavy atom. The highest BCUT2D eigenvalue weighted by Gasteiger charge is 2.10. The molecule has 0 aliphatic heterocycles. The Labute approximate surface area is 99.3 Å². The lowest BCUT2D eigenvalue weighted by atomic mass is 10.1. The predicted molar refractivity (Wildman–Crippen MR) is 64.8 cm³/mol. The van der Waals surface area contributed by atoms with Crippen LogP contribution in [0.1, 0.15) is 29.5 Å². The van der Waals surface area contributed by atoms with Gasteiger partial charge in [0, 0.05) is 5.69 Å². The zero-order chi connectivity index (χ0) is 12.1. The molecule has 0 radical (unpaired) electrons. The number of benzene rings is 1. The molecule has 1 aromatic carbocycles. The number of aromatic amines is 1. The van der Waals surface area contributed by atoms with Crippen molar-refractivity contribution in [2.45, 2.75) is 19.8 Å². The van der Waals surface area contributed by atoms with Crippen LogP contribution in [0.3, 0.4) is 0 Å². The van der Waals surface area contributed by atoms with Crippen molar-refractivity contribution in [3.63, 3.8) is 0 Å². The first-order valence-corrected chi connectivity index (χ1v) is 5.56. The highest BCUT2D eigenvalue weighted by Crippen LogP contribution is 2.17. The third kappa shape index (κ3) is 2.69. The number of amides is 1. The van der Waals surface area contributed by atoms with Crippen LogP contribution in [-0.2, 0) is 6.42 Å². The summed E-state index contributed by atoms with van der Waals surface area (Å²) in [5, 5.41) is 9.01. The van der Waals surface area contributed by atoms with E-state index in [1.807, 2.05) is 24.3 Å². The first kappa shape index (κ1) is 11.3. The van der Waals surface area contributed by atoms with Gasteiger partial charge in [0.15, 0.2) is 0 Å². The minimum absolute atomic E-state index is 0.219. The van der Waals surface area contributed by atoms with Crippen molar-refractivity contribution in [1.82, 2.24) is 15.2 Å². The van der Waals surface area contributed by atoms with Gasteiger partial charge in [-0.25, -0.2) is 4.98 Å². The smallest absolute Gasteiger partial charge is 0.292 e. The maximum Gasteiger partial charge on any atom is 0.292 e. The molecule has 5 heteroatoms. The second kappa shape index (κ2) is 5.25. The van der Waals surface area contributed by atoms with Crippen molar-refractivity contribution in [3.05, 3.63) is 42.0 Å². The van der Waals surface area contributed by atoms with Crippen LogP contribution in [0, 0.1) is 0 Å². The monoisotopic (exact) mass is 230 g/mol. The van der Waals surface area contributed by atoms with Gasteiger partial charge in [-0.1, -0.05) is 31.5 Å². The normalized spacial score (nSPS) is 10.2. The van der Waals surface area contributed by atoms with Crippen LogP contribution in [0.25, 0.3) is 0 Å². The van der Waals surface area contributed by atoms with E-state index in [0.717, 1.165) is 24.1 Å². The first-order chi connectivity index (χ1) is 8.31. The highest BCUT2D eigenvalue weighted by molar-refractivity contribution is 6.01. The number of carbonyl (C=O) groups excluding carboxylic acids is 1. The van der Waals surface area contributed by atoms with E-state index in [9.17, 15) is 4.79 Å². The van der Waals surface area contributed by atoms with Crippen molar-refractivity contribution < 1.29 is 4.79 Å². The topological polar surface area (TPSA) is 70.7 Å². The zero-order valence-electron chi connectivity index (χ0n) is 9.60. The molecule has 0 saturated carbocycles. The summed E-state index contributed by atoms with van der Waals surface area (Å²) in [7, 11) is 0. The summed E-state index contributed by atoms with van der Waals surface area (Å²) in [6.45, 7) is 2.11. The van der Waals surface area contributed by atoms with E-state index in [1.165, 1.54) is 6.33 Å². The summed E-state index contributed by atoms with van der Waals surface area (Å²) in [5.74, 6) is -0.0534. The van der Waals surface area contributed by atoms with E-state index in [2.05, 4.69) is 27.4 Å². The van der Waals surface area contributed by atoms with Gasteiger partial charge in [0.25, 0.3) is 5.91 Å². The van der Waals surface area contributed by atoms with E-state index < -0.39 is 0 Å². The molecule has 5 nitrogen and oxygen atoms in total. The summed E-state index contributed by atoms with van der Waals surface area (Å²) in [4.78, 5) is 15.6. The Hall–Kier alpha value is -2.17. The molecule has 88 valence electrons. The molecular weight excluding hydrogens is 216 g/mol. The Bertz CT molecular complexity index is 493. The number of aromatic nitrogens is 3. The molecule has 2 N–H and O–H groups in total. The number of aryl methyl sites for hydroxylation is 1. The quantitative estimate of drug-likeness (QED) is 0.844. The van der Waals surface area contributed by atoms with Crippen molar-refractivity contribution in [1.29, 1.82) is 0 Å². The summed E-state index contributed by atoms with van der Waals surface area (Å²) < 4.78 is 0. The van der Waals surface area contributed by atoms with Crippen LogP contribution in [0.15, 0.2) is 30.6 Å². The van der Waals surface area contributed by atoms with Gasteiger partial charge in [-0.15, -0.1) is 0 Å². The van der Waals surface area contributed by atoms with Gasteiger partial charge in [0.1, 0.15) is 6.33 Å². The van der Waals surface area contributed by atoms with E-state index in [0.29, 0.717) is 0 Å². The van der Waals surface area contributed by atoms with Crippen molar-refractivity contribution >= 4 is 11.6 Å². The van der Waals surface area contributed by atoms with Gasteiger partial charge in [-0.2, -0.15) is 5.10 Å². The molecule has 2 rings (SSSR count). The molecule has 1 amide bonds. The Morgan fingerprint density at radius 3 is 2.94 bits per heavy atom. The molecule has 0 fully saturated rings. The molecule has 0 spiro atoms. The largest absolute Gasteiger partial charge is 0.319 e. The van der Waals surface area contributed by atoms with E-state index in [-0.39, 0.29) is 11.7 Å². The molecule has 0 atom stereocenters. The average molecular weight is 230 g/mol. The van der Waals surface area contributed by atoms with Gasteiger partial charge >= 0.3 is 0 Å². The number of hydrogen-bond acceptors (Lipinski definition) is 3. The Morgan fingerprint density at radius 2 is 2.24 bits per heavy atom. The Balaban J connectivity index is 2.15. The van der Waals surface area contributed by atoms with Crippen LogP contribution in [-0.4, -0.2) is 21.1 Å². The van der Waals surface area contributed by atoms with Gasteiger partial charge in [0.2, 0.25) is 5.82 Å². The lowest BCUT2D eigenvalue weighted by molar-refractivity contribution is 0.101. The van der Waals surface area contributed by atoms with E-state index in [4.69, 9.17) is 0 Å². The van der Waals surface area contributed by atoms with Gasteiger partial charge in [-0.05, 0) is 18.1 Å². The number of anilines is 1. The molecule has 0 aliphatic rings. The van der Waals surface area contributed by atoms with Crippen molar-refractivity contribution in [2.75, 3.05) is 5.32 Å². The van der Waals surface area contributed by atoms with E-state index in [1.54, 1.807) is 0 Å². The van der Waals surface area contributed by atoms with Crippen LogP contribution in [0.2, 0.25) is 0 Å². The summed E-state index contributed by atoms with van der Waals surface area (Å²) in [6.07, 6.45) is 3.29. The van der Waals surface area contributed by atoms with Crippen molar-refractivity contribution in [3.8, 4) is 0 Å². The van der Waals surface area contributed by atoms with E-state index >= 15 is 0 Å². The predicted octanol–water partition coefficient (Wildman–Crippen LogP) is 2.01. The molecule has 0 saturated heterocycles. The molecule has 2 aromatic rings. The minimum Gasteiger partial charge on any atom is -0.319 e. The van der Waals surface area contributed by atoms with Gasteiger partial charge in [0.05, 0.1) is 0 Å². The second-order valence-electron chi connectivity index (χ2n) is 3.70. The van der Waals surface area contributed by atoms with Crippen LogP contribution >= 0.6 is 0 Å². The standard InChI is InChI=1S/C12H14N4O/c1-2-5-9-6-3-4-7-10(9)15-12(17)11-13-8-14-16-11/h3-4,6-8H,2,5H2,1H3,(H,15,17)(H,13,14,16). The number of para-hydroxylation sites is 1. The van der Waals surface area contributed by atoms with Crippen molar-refractivity contribution in [2.24, 2.45) is 0 Å². The van der Waals surface area contributed by atoms with Crippen LogP contribution in [0.4, 0.5) is 5.69 Å². The lowest BCUT2D eigenvalue weighted by Crippen LogP contribution is -2.15. The zero-order valence-corrected chi connectivity index (χ0v) is 9.60. The van der Waals surface area contributed by atoms with Gasteiger partial charge in [-0.3, -0.25) is 9.89 Å². The summed E-state index contributed by atoms with van der Waals surface area (Å²) in [6, 6.07) is 7.77. The molecule has 1 aromatic heterocycles.